The van der Waals surface area contributed by atoms with Crippen molar-refractivity contribution in [2.24, 2.45) is 0 Å². The first kappa shape index (κ1) is 17.1. The first-order valence-electron chi connectivity index (χ1n) is 8.84. The highest BCUT2D eigenvalue weighted by Gasteiger charge is 2.15. The number of rotatable bonds is 5. The van der Waals surface area contributed by atoms with Crippen LogP contribution in [0, 0.1) is 13.8 Å². The molecule has 0 radical (unpaired) electrons. The molecule has 4 rings (SSSR count). The van der Waals surface area contributed by atoms with Gasteiger partial charge in [-0.2, -0.15) is 0 Å². The van der Waals surface area contributed by atoms with Crippen LogP contribution < -0.4 is 0 Å². The van der Waals surface area contributed by atoms with E-state index in [1.807, 2.05) is 73.0 Å². The van der Waals surface area contributed by atoms with E-state index in [4.69, 9.17) is 9.15 Å². The minimum atomic E-state index is -0.303. The maximum atomic E-state index is 12.4. The molecule has 4 aromatic rings. The number of hydrogen-bond acceptors (Lipinski definition) is 4. The maximum Gasteiger partial charge on any atom is 0.326 e. The van der Waals surface area contributed by atoms with Gasteiger partial charge < -0.3 is 13.7 Å². The van der Waals surface area contributed by atoms with Crippen molar-refractivity contribution in [1.29, 1.82) is 0 Å². The largest absolute Gasteiger partial charge is 0.458 e. The molecule has 2 aromatic carbocycles. The highest BCUT2D eigenvalue weighted by molar-refractivity contribution is 5.83. The molecule has 0 bridgehead atoms. The number of carbonyl (C=O) groups is 1. The molecular weight excluding hydrogens is 340 g/mol. The lowest BCUT2D eigenvalue weighted by molar-refractivity contribution is -0.145. The standard InChI is InChI=1S/C22H20N2O3/c1-15-12-18-10-6-7-11-20(18)24(15)13-21(25)26-14-19-16(2)27-22(23-19)17-8-4-3-5-9-17/h3-12H,13-14H2,1-2H3. The van der Waals surface area contributed by atoms with Crippen molar-refractivity contribution in [2.45, 2.75) is 27.0 Å². The van der Waals surface area contributed by atoms with E-state index in [9.17, 15) is 4.79 Å². The summed E-state index contributed by atoms with van der Waals surface area (Å²) >= 11 is 0. The number of hydrogen-bond donors (Lipinski definition) is 0. The first-order chi connectivity index (χ1) is 13.1. The van der Waals surface area contributed by atoms with Crippen LogP contribution in [-0.4, -0.2) is 15.5 Å². The number of ether oxygens (including phenoxy) is 1. The second-order valence-corrected chi connectivity index (χ2v) is 6.48. The quantitative estimate of drug-likeness (QED) is 0.486. The average Bonchev–Trinajstić information content (AvgIpc) is 3.21. The summed E-state index contributed by atoms with van der Waals surface area (Å²) in [6.07, 6.45) is 0. The Morgan fingerprint density at radius 1 is 1.07 bits per heavy atom. The molecule has 0 amide bonds. The summed E-state index contributed by atoms with van der Waals surface area (Å²) in [5.41, 5.74) is 3.58. The van der Waals surface area contributed by atoms with E-state index in [0.29, 0.717) is 17.3 Å². The van der Waals surface area contributed by atoms with E-state index in [1.165, 1.54) is 0 Å². The third-order valence-corrected chi connectivity index (χ3v) is 4.59. The number of fused-ring (bicyclic) bond motifs is 1. The molecule has 5 heteroatoms. The van der Waals surface area contributed by atoms with Crippen molar-refractivity contribution in [3.63, 3.8) is 0 Å². The minimum Gasteiger partial charge on any atom is -0.458 e. The van der Waals surface area contributed by atoms with Gasteiger partial charge in [0.25, 0.3) is 0 Å². The summed E-state index contributed by atoms with van der Waals surface area (Å²) in [6.45, 7) is 4.08. The van der Waals surface area contributed by atoms with Crippen LogP contribution in [0.2, 0.25) is 0 Å². The summed E-state index contributed by atoms with van der Waals surface area (Å²) in [4.78, 5) is 16.8. The molecule has 0 fully saturated rings. The summed E-state index contributed by atoms with van der Waals surface area (Å²) in [5, 5.41) is 1.11. The fourth-order valence-electron chi connectivity index (χ4n) is 3.15. The third-order valence-electron chi connectivity index (χ3n) is 4.59. The lowest BCUT2D eigenvalue weighted by atomic mass is 10.2. The highest BCUT2D eigenvalue weighted by atomic mass is 16.5. The van der Waals surface area contributed by atoms with E-state index < -0.39 is 0 Å². The van der Waals surface area contributed by atoms with Crippen molar-refractivity contribution >= 4 is 16.9 Å². The molecule has 0 aliphatic carbocycles. The zero-order valence-electron chi connectivity index (χ0n) is 15.3. The second kappa shape index (κ2) is 7.11. The van der Waals surface area contributed by atoms with Crippen LogP contribution in [-0.2, 0) is 22.7 Å². The molecule has 0 aliphatic heterocycles. The number of esters is 1. The van der Waals surface area contributed by atoms with Gasteiger partial charge in [0, 0.05) is 16.8 Å². The molecule has 0 aliphatic rings. The topological polar surface area (TPSA) is 57.3 Å². The molecule has 5 nitrogen and oxygen atoms in total. The van der Waals surface area contributed by atoms with Gasteiger partial charge in [-0.3, -0.25) is 4.79 Å². The molecule has 0 spiro atoms. The molecule has 0 saturated heterocycles. The molecule has 2 aromatic heterocycles. The Kier molecular flexibility index (Phi) is 4.50. The normalized spacial score (nSPS) is 11.0. The fraction of sp³-hybridized carbons (Fsp3) is 0.182. The minimum absolute atomic E-state index is 0.0965. The summed E-state index contributed by atoms with van der Waals surface area (Å²) in [7, 11) is 0. The Hall–Kier alpha value is -3.34. The van der Waals surface area contributed by atoms with Gasteiger partial charge in [0.1, 0.15) is 24.6 Å². The van der Waals surface area contributed by atoms with Gasteiger partial charge in [0.2, 0.25) is 5.89 Å². The summed E-state index contributed by atoms with van der Waals surface area (Å²) < 4.78 is 13.1. The SMILES string of the molecule is Cc1oc(-c2ccccc2)nc1COC(=O)Cn1c(C)cc2ccccc21. The van der Waals surface area contributed by atoms with Crippen molar-refractivity contribution in [1.82, 2.24) is 9.55 Å². The molecule has 27 heavy (non-hydrogen) atoms. The smallest absolute Gasteiger partial charge is 0.326 e. The second-order valence-electron chi connectivity index (χ2n) is 6.48. The van der Waals surface area contributed by atoms with Crippen molar-refractivity contribution in [2.75, 3.05) is 0 Å². The number of oxazole rings is 1. The molecule has 2 heterocycles. The first-order valence-corrected chi connectivity index (χ1v) is 8.84. The zero-order valence-corrected chi connectivity index (χ0v) is 15.3. The van der Waals surface area contributed by atoms with E-state index in [-0.39, 0.29) is 19.1 Å². The van der Waals surface area contributed by atoms with Crippen molar-refractivity contribution in [3.8, 4) is 11.5 Å². The highest BCUT2D eigenvalue weighted by Crippen LogP contribution is 2.22. The number of aromatic nitrogens is 2. The lowest BCUT2D eigenvalue weighted by Crippen LogP contribution is -2.14. The van der Waals surface area contributed by atoms with E-state index >= 15 is 0 Å². The lowest BCUT2D eigenvalue weighted by Gasteiger charge is -2.08. The molecular formula is C22H20N2O3. The number of aryl methyl sites for hydroxylation is 2. The number of carbonyl (C=O) groups excluding carboxylic acids is 1. The van der Waals surface area contributed by atoms with Crippen LogP contribution in [0.3, 0.4) is 0 Å². The Balaban J connectivity index is 1.45. The number of benzene rings is 2. The molecule has 136 valence electrons. The van der Waals surface area contributed by atoms with E-state index in [2.05, 4.69) is 11.1 Å². The Bertz CT molecular complexity index is 1090. The van der Waals surface area contributed by atoms with Crippen LogP contribution in [0.4, 0.5) is 0 Å². The fourth-order valence-corrected chi connectivity index (χ4v) is 3.15. The van der Waals surface area contributed by atoms with Gasteiger partial charge in [-0.05, 0) is 43.5 Å². The molecule has 0 atom stereocenters. The van der Waals surface area contributed by atoms with Gasteiger partial charge in [0.05, 0.1) is 0 Å². The summed E-state index contributed by atoms with van der Waals surface area (Å²) in [5.74, 6) is 0.888. The van der Waals surface area contributed by atoms with Crippen LogP contribution in [0.5, 0.6) is 0 Å². The third kappa shape index (κ3) is 3.49. The van der Waals surface area contributed by atoms with Gasteiger partial charge >= 0.3 is 5.97 Å². The average molecular weight is 360 g/mol. The Morgan fingerprint density at radius 2 is 1.81 bits per heavy atom. The predicted octanol–water partition coefficient (Wildman–Crippen LogP) is 4.66. The van der Waals surface area contributed by atoms with E-state index in [1.54, 1.807) is 0 Å². The monoisotopic (exact) mass is 360 g/mol. The Morgan fingerprint density at radius 3 is 2.63 bits per heavy atom. The van der Waals surface area contributed by atoms with Gasteiger partial charge in [0.15, 0.2) is 0 Å². The van der Waals surface area contributed by atoms with Gasteiger partial charge in [-0.25, -0.2) is 4.98 Å². The van der Waals surface area contributed by atoms with Crippen molar-refractivity contribution < 1.29 is 13.9 Å². The van der Waals surface area contributed by atoms with Crippen molar-refractivity contribution in [3.05, 3.63) is 77.8 Å². The molecule has 0 N–H and O–H groups in total. The predicted molar refractivity (Wildman–Crippen MR) is 103 cm³/mol. The van der Waals surface area contributed by atoms with E-state index in [0.717, 1.165) is 22.2 Å². The zero-order chi connectivity index (χ0) is 18.8. The summed E-state index contributed by atoms with van der Waals surface area (Å²) in [6, 6.07) is 19.7. The van der Waals surface area contributed by atoms with Crippen LogP contribution in [0.1, 0.15) is 17.1 Å². The molecule has 0 unspecified atom stereocenters. The van der Waals surface area contributed by atoms with Gasteiger partial charge in [-0.1, -0.05) is 36.4 Å². The van der Waals surface area contributed by atoms with Gasteiger partial charge in [-0.15, -0.1) is 0 Å². The molecule has 0 saturated carbocycles. The number of para-hydroxylation sites is 1. The maximum absolute atomic E-state index is 12.4. The Labute approximate surface area is 157 Å². The number of nitrogens with zero attached hydrogens (tertiary/aromatic N) is 2. The van der Waals surface area contributed by atoms with Crippen LogP contribution in [0.15, 0.2) is 65.1 Å². The van der Waals surface area contributed by atoms with Crippen LogP contribution >= 0.6 is 0 Å². The van der Waals surface area contributed by atoms with Crippen LogP contribution in [0.25, 0.3) is 22.4 Å².